The maximum absolute atomic E-state index is 10.2. The maximum atomic E-state index is 10.2. The van der Waals surface area contributed by atoms with Crippen LogP contribution in [0.3, 0.4) is 0 Å². The van der Waals surface area contributed by atoms with Gasteiger partial charge in [-0.3, -0.25) is 4.79 Å². The van der Waals surface area contributed by atoms with E-state index in [2.05, 4.69) is 12.6 Å². The first kappa shape index (κ1) is 11.1. The van der Waals surface area contributed by atoms with Gasteiger partial charge in [0.2, 0.25) is 0 Å². The predicted molar refractivity (Wildman–Crippen MR) is 50.4 cm³/mol. The lowest BCUT2D eigenvalue weighted by molar-refractivity contribution is -0.104. The highest BCUT2D eigenvalue weighted by Crippen LogP contribution is 2.21. The minimum absolute atomic E-state index is 0.00184. The molecule has 0 radical (unpaired) electrons. The summed E-state index contributed by atoms with van der Waals surface area (Å²) in [7, 11) is 0. The summed E-state index contributed by atoms with van der Waals surface area (Å²) in [5, 5.41) is 8.54. The van der Waals surface area contributed by atoms with E-state index in [1.54, 1.807) is 6.07 Å². The van der Waals surface area contributed by atoms with Crippen LogP contribution in [0.1, 0.15) is 6.92 Å². The number of halogens is 1. The zero-order valence-electron chi connectivity index (χ0n) is 6.34. The fraction of sp³-hybridized carbons (Fsp3) is 0.143. The van der Waals surface area contributed by atoms with Crippen LogP contribution in [0.2, 0.25) is 0 Å². The topological polar surface area (TPSA) is 66.9 Å². The van der Waals surface area contributed by atoms with Crippen LogP contribution in [-0.2, 0) is 4.79 Å². The normalized spacial score (nSPS) is 14.2. The van der Waals surface area contributed by atoms with Crippen molar-refractivity contribution < 1.29 is 4.79 Å². The minimum atomic E-state index is -0.0177. The number of nitriles is 1. The highest BCUT2D eigenvalue weighted by Gasteiger charge is 2.07. The molecule has 0 aromatic carbocycles. The number of rotatable bonds is 2. The van der Waals surface area contributed by atoms with E-state index in [0.29, 0.717) is 6.29 Å². The SMILES string of the molecule is C/C(N)=C(C#N)\C(Cl)=C(/S)C=O. The first-order valence-corrected chi connectivity index (χ1v) is 3.77. The monoisotopic (exact) mass is 202 g/mol. The second-order valence-electron chi connectivity index (χ2n) is 1.99. The third-order valence-electron chi connectivity index (χ3n) is 1.06. The number of carbonyl (C=O) groups is 1. The van der Waals surface area contributed by atoms with E-state index >= 15 is 0 Å². The molecule has 0 aromatic rings. The van der Waals surface area contributed by atoms with Crippen LogP contribution in [0.5, 0.6) is 0 Å². The third-order valence-corrected chi connectivity index (χ3v) is 1.92. The predicted octanol–water partition coefficient (Wildman–Crippen LogP) is 1.32. The van der Waals surface area contributed by atoms with Crippen LogP contribution in [0.15, 0.2) is 21.2 Å². The van der Waals surface area contributed by atoms with Crippen molar-refractivity contribution in [2.45, 2.75) is 6.92 Å². The molecule has 0 heterocycles. The molecule has 0 saturated heterocycles. The molecule has 0 saturated carbocycles. The van der Waals surface area contributed by atoms with Crippen LogP contribution >= 0.6 is 24.2 Å². The Hall–Kier alpha value is -0.920. The van der Waals surface area contributed by atoms with Crippen LogP contribution in [0, 0.1) is 11.3 Å². The lowest BCUT2D eigenvalue weighted by Crippen LogP contribution is -1.98. The standard InChI is InChI=1S/C7H7ClN2OS/c1-4(10)5(2-9)7(8)6(12)3-11/h3,12H,10H2,1H3/b5-4+,7-6+. The number of carbonyl (C=O) groups excluding carboxylic acids is 1. The number of thiol groups is 1. The zero-order chi connectivity index (χ0) is 9.72. The van der Waals surface area contributed by atoms with Gasteiger partial charge in [-0.25, -0.2) is 0 Å². The van der Waals surface area contributed by atoms with Crippen molar-refractivity contribution in [2.24, 2.45) is 5.73 Å². The van der Waals surface area contributed by atoms with Gasteiger partial charge in [-0.2, -0.15) is 5.26 Å². The minimum Gasteiger partial charge on any atom is -0.401 e. The molecule has 12 heavy (non-hydrogen) atoms. The molecular weight excluding hydrogens is 196 g/mol. The van der Waals surface area contributed by atoms with Crippen molar-refractivity contribution in [3.63, 3.8) is 0 Å². The molecule has 0 amide bonds. The van der Waals surface area contributed by atoms with Crippen molar-refractivity contribution in [1.82, 2.24) is 0 Å². The summed E-state index contributed by atoms with van der Waals surface area (Å²) in [4.78, 5) is 10.2. The molecule has 0 aromatic heterocycles. The molecule has 0 aliphatic heterocycles. The van der Waals surface area contributed by atoms with E-state index in [1.165, 1.54) is 6.92 Å². The van der Waals surface area contributed by atoms with E-state index in [9.17, 15) is 4.79 Å². The van der Waals surface area contributed by atoms with Crippen molar-refractivity contribution >= 4 is 30.5 Å². The Bertz CT molecular complexity index is 297. The van der Waals surface area contributed by atoms with Gasteiger partial charge in [-0.1, -0.05) is 11.6 Å². The third kappa shape index (κ3) is 2.61. The molecule has 0 aliphatic rings. The Morgan fingerprint density at radius 1 is 1.75 bits per heavy atom. The fourth-order valence-electron chi connectivity index (χ4n) is 0.490. The van der Waals surface area contributed by atoms with Gasteiger partial charge in [0.15, 0.2) is 6.29 Å². The molecule has 0 bridgehead atoms. The summed E-state index contributed by atoms with van der Waals surface area (Å²) in [5.41, 5.74) is 5.67. The number of allylic oxidation sites excluding steroid dienone is 4. The van der Waals surface area contributed by atoms with Gasteiger partial charge in [0, 0.05) is 5.70 Å². The van der Waals surface area contributed by atoms with E-state index in [1.807, 2.05) is 0 Å². The highest BCUT2D eigenvalue weighted by molar-refractivity contribution is 7.85. The smallest absolute Gasteiger partial charge is 0.157 e. The summed E-state index contributed by atoms with van der Waals surface area (Å²) in [5.74, 6) is 0. The molecule has 0 unspecified atom stereocenters. The number of nitrogens with zero attached hydrogens (tertiary/aromatic N) is 1. The second-order valence-corrected chi connectivity index (χ2v) is 2.85. The summed E-state index contributed by atoms with van der Waals surface area (Å²) in [6, 6.07) is 1.77. The fourth-order valence-corrected chi connectivity index (χ4v) is 0.838. The average Bonchev–Trinajstić information content (AvgIpc) is 2.03. The van der Waals surface area contributed by atoms with Gasteiger partial charge in [0.25, 0.3) is 0 Å². The van der Waals surface area contributed by atoms with Gasteiger partial charge >= 0.3 is 0 Å². The largest absolute Gasteiger partial charge is 0.401 e. The van der Waals surface area contributed by atoms with Gasteiger partial charge in [0.05, 0.1) is 15.5 Å². The van der Waals surface area contributed by atoms with Crippen LogP contribution in [-0.4, -0.2) is 6.29 Å². The molecule has 0 atom stereocenters. The van der Waals surface area contributed by atoms with E-state index < -0.39 is 0 Å². The molecule has 3 nitrogen and oxygen atoms in total. The Kier molecular flexibility index (Phi) is 4.49. The van der Waals surface area contributed by atoms with Gasteiger partial charge in [-0.05, 0) is 6.92 Å². The summed E-state index contributed by atoms with van der Waals surface area (Å²) in [6.45, 7) is 1.52. The van der Waals surface area contributed by atoms with Crippen LogP contribution in [0.4, 0.5) is 0 Å². The second kappa shape index (κ2) is 4.86. The van der Waals surface area contributed by atoms with Crippen molar-refractivity contribution in [3.8, 4) is 6.07 Å². The molecule has 64 valence electrons. The van der Waals surface area contributed by atoms with Crippen LogP contribution in [0.25, 0.3) is 0 Å². The lowest BCUT2D eigenvalue weighted by atomic mass is 10.2. The molecule has 0 fully saturated rings. The highest BCUT2D eigenvalue weighted by atomic mass is 35.5. The van der Waals surface area contributed by atoms with Crippen molar-refractivity contribution in [2.75, 3.05) is 0 Å². The Balaban J connectivity index is 5.21. The number of hydrogen-bond donors (Lipinski definition) is 2. The van der Waals surface area contributed by atoms with Crippen LogP contribution < -0.4 is 5.73 Å². The molecule has 2 N–H and O–H groups in total. The van der Waals surface area contributed by atoms with E-state index in [-0.39, 0.29) is 21.2 Å². The molecule has 5 heteroatoms. The van der Waals surface area contributed by atoms with Gasteiger partial charge in [-0.15, -0.1) is 12.6 Å². The number of aldehydes is 1. The number of nitrogens with two attached hydrogens (primary N) is 1. The number of hydrogen-bond acceptors (Lipinski definition) is 4. The maximum Gasteiger partial charge on any atom is 0.157 e. The van der Waals surface area contributed by atoms with Crippen molar-refractivity contribution in [3.05, 3.63) is 21.2 Å². The molecular formula is C7H7ClN2OS. The Morgan fingerprint density at radius 3 is 2.50 bits per heavy atom. The zero-order valence-corrected chi connectivity index (χ0v) is 7.99. The lowest BCUT2D eigenvalue weighted by Gasteiger charge is -1.99. The van der Waals surface area contributed by atoms with E-state index in [0.717, 1.165) is 0 Å². The summed E-state index contributed by atoms with van der Waals surface area (Å²) in [6.07, 6.45) is 0.450. The van der Waals surface area contributed by atoms with Crippen molar-refractivity contribution in [1.29, 1.82) is 5.26 Å². The first-order chi connectivity index (χ1) is 5.54. The van der Waals surface area contributed by atoms with E-state index in [4.69, 9.17) is 22.6 Å². The van der Waals surface area contributed by atoms with Gasteiger partial charge in [0.1, 0.15) is 6.07 Å². The first-order valence-electron chi connectivity index (χ1n) is 2.95. The summed E-state index contributed by atoms with van der Waals surface area (Å²) >= 11 is 9.36. The van der Waals surface area contributed by atoms with Gasteiger partial charge < -0.3 is 5.73 Å². The molecule has 0 rings (SSSR count). The Morgan fingerprint density at radius 2 is 2.25 bits per heavy atom. The quantitative estimate of drug-likeness (QED) is 0.233. The molecule has 0 aliphatic carbocycles. The average molecular weight is 203 g/mol. The summed E-state index contributed by atoms with van der Waals surface area (Å²) < 4.78 is 0. The molecule has 0 spiro atoms. The Labute approximate surface area is 80.9 Å².